The van der Waals surface area contributed by atoms with Gasteiger partial charge in [0.15, 0.2) is 5.76 Å². The average Bonchev–Trinajstić information content (AvgIpc) is 2.88. The highest BCUT2D eigenvalue weighted by Crippen LogP contribution is 2.39. The minimum Gasteiger partial charge on any atom is -0.452 e. The summed E-state index contributed by atoms with van der Waals surface area (Å²) in [5.74, 6) is 0.638. The van der Waals surface area contributed by atoms with Gasteiger partial charge in [0.25, 0.3) is 0 Å². The number of hydrogen-bond acceptors (Lipinski definition) is 4. The van der Waals surface area contributed by atoms with E-state index in [1.165, 1.54) is 0 Å². The molecule has 0 spiro atoms. The fourth-order valence-corrected chi connectivity index (χ4v) is 2.65. The maximum absolute atomic E-state index is 12.4. The second-order valence-corrected chi connectivity index (χ2v) is 6.03. The number of carbonyl (C=O) groups is 2. The molecule has 3 rings (SSSR count). The lowest BCUT2D eigenvalue weighted by Crippen LogP contribution is -2.11. The molecule has 122 valence electrons. The Kier molecular flexibility index (Phi) is 3.97. The third-order valence-electron chi connectivity index (χ3n) is 4.03. The number of allylic oxidation sites excluding steroid dienone is 2. The number of benzene rings is 2. The minimum absolute atomic E-state index is 0.134. The number of ketones is 1. The number of carbonyl (C=O) groups excluding carboxylic acids is 2. The topological polar surface area (TPSA) is 52.6 Å². The lowest BCUT2D eigenvalue weighted by atomic mass is 10.1. The molecule has 24 heavy (non-hydrogen) atoms. The second-order valence-electron chi connectivity index (χ2n) is 6.03. The van der Waals surface area contributed by atoms with Crippen LogP contribution in [-0.2, 0) is 0 Å². The fourth-order valence-electron chi connectivity index (χ4n) is 2.65. The highest BCUT2D eigenvalue weighted by atomic mass is 16.5. The number of esters is 1. The molecule has 0 unspecified atom stereocenters. The Bertz CT molecular complexity index is 887. The van der Waals surface area contributed by atoms with Crippen LogP contribution >= 0.6 is 0 Å². The molecule has 2 aromatic carbocycles. The first-order valence-electron chi connectivity index (χ1n) is 7.71. The Hall–Kier alpha value is -2.88. The molecule has 0 saturated carbocycles. The van der Waals surface area contributed by atoms with Crippen molar-refractivity contribution >= 4 is 11.8 Å². The van der Waals surface area contributed by atoms with E-state index in [-0.39, 0.29) is 5.78 Å². The van der Waals surface area contributed by atoms with Crippen molar-refractivity contribution < 1.29 is 19.1 Å². The Morgan fingerprint density at radius 3 is 2.42 bits per heavy atom. The zero-order valence-corrected chi connectivity index (χ0v) is 14.1. The smallest absolute Gasteiger partial charge is 0.343 e. The molecule has 0 atom stereocenters. The van der Waals surface area contributed by atoms with Gasteiger partial charge in [-0.15, -0.1) is 0 Å². The van der Waals surface area contributed by atoms with Crippen LogP contribution in [0.4, 0.5) is 0 Å². The molecule has 0 bridgehead atoms. The average molecular weight is 322 g/mol. The third-order valence-corrected chi connectivity index (χ3v) is 4.03. The van der Waals surface area contributed by atoms with Crippen LogP contribution in [0.15, 0.2) is 47.7 Å². The molecule has 1 aliphatic heterocycles. The van der Waals surface area contributed by atoms with Gasteiger partial charge in [-0.3, -0.25) is 4.79 Å². The molecule has 0 saturated heterocycles. The van der Waals surface area contributed by atoms with Crippen LogP contribution in [0.2, 0.25) is 0 Å². The molecular weight excluding hydrogens is 304 g/mol. The van der Waals surface area contributed by atoms with Gasteiger partial charge >= 0.3 is 5.97 Å². The first kappa shape index (κ1) is 16.0. The van der Waals surface area contributed by atoms with Crippen molar-refractivity contribution in [2.24, 2.45) is 0 Å². The normalized spacial score (nSPS) is 12.7. The molecular formula is C20H18O4. The summed E-state index contributed by atoms with van der Waals surface area (Å²) in [7, 11) is 0. The Morgan fingerprint density at radius 1 is 1.04 bits per heavy atom. The van der Waals surface area contributed by atoms with E-state index in [9.17, 15) is 9.59 Å². The molecule has 1 aliphatic rings. The molecule has 0 fully saturated rings. The van der Waals surface area contributed by atoms with Gasteiger partial charge in [0, 0.05) is 5.56 Å². The van der Waals surface area contributed by atoms with Crippen molar-refractivity contribution in [2.75, 3.05) is 0 Å². The summed E-state index contributed by atoms with van der Waals surface area (Å²) in [4.78, 5) is 24.7. The summed E-state index contributed by atoms with van der Waals surface area (Å²) in [6.07, 6.45) is 0. The predicted octanol–water partition coefficient (Wildman–Crippen LogP) is 4.39. The Balaban J connectivity index is 1.95. The van der Waals surface area contributed by atoms with Crippen molar-refractivity contribution in [1.82, 2.24) is 0 Å². The zero-order chi connectivity index (χ0) is 17.4. The standard InChI is InChI=1S/C20H18O4/c1-11(2)18-17(21)15-9-10-16(13(4)19(15)24-18)23-20(22)14-8-6-5-7-12(14)3/h5-10H,1-4H3. The number of ether oxygens (including phenoxy) is 2. The Labute approximate surface area is 140 Å². The molecule has 0 radical (unpaired) electrons. The lowest BCUT2D eigenvalue weighted by Gasteiger charge is -2.11. The maximum atomic E-state index is 12.4. The molecule has 0 aliphatic carbocycles. The molecule has 4 heteroatoms. The van der Waals surface area contributed by atoms with E-state index in [4.69, 9.17) is 9.47 Å². The highest BCUT2D eigenvalue weighted by molar-refractivity contribution is 6.13. The largest absolute Gasteiger partial charge is 0.452 e. The van der Waals surface area contributed by atoms with Gasteiger partial charge in [-0.25, -0.2) is 4.79 Å². The summed E-state index contributed by atoms with van der Waals surface area (Å²) >= 11 is 0. The van der Waals surface area contributed by atoms with Crippen molar-refractivity contribution in [2.45, 2.75) is 27.7 Å². The van der Waals surface area contributed by atoms with E-state index < -0.39 is 5.97 Å². The van der Waals surface area contributed by atoms with E-state index in [0.717, 1.165) is 11.1 Å². The first-order chi connectivity index (χ1) is 11.4. The second kappa shape index (κ2) is 5.96. The van der Waals surface area contributed by atoms with Gasteiger partial charge in [0.05, 0.1) is 11.1 Å². The van der Waals surface area contributed by atoms with E-state index in [0.29, 0.717) is 33.9 Å². The minimum atomic E-state index is -0.428. The van der Waals surface area contributed by atoms with E-state index in [2.05, 4.69) is 0 Å². The number of aryl methyl sites for hydroxylation is 1. The number of rotatable bonds is 2. The third kappa shape index (κ3) is 2.60. The number of hydrogen-bond donors (Lipinski definition) is 0. The van der Waals surface area contributed by atoms with E-state index in [1.807, 2.05) is 32.9 Å². The van der Waals surface area contributed by atoms with Crippen molar-refractivity contribution in [3.05, 3.63) is 70.0 Å². The summed E-state index contributed by atoms with van der Waals surface area (Å²) in [6.45, 7) is 7.29. The summed E-state index contributed by atoms with van der Waals surface area (Å²) < 4.78 is 11.2. The molecule has 1 heterocycles. The predicted molar refractivity (Wildman–Crippen MR) is 90.6 cm³/mol. The molecule has 4 nitrogen and oxygen atoms in total. The van der Waals surface area contributed by atoms with Crippen LogP contribution in [0.25, 0.3) is 0 Å². The van der Waals surface area contributed by atoms with E-state index >= 15 is 0 Å². The number of Topliss-reactive ketones (excluding diaryl/α,β-unsaturated/α-hetero) is 1. The van der Waals surface area contributed by atoms with Gasteiger partial charge in [-0.1, -0.05) is 18.2 Å². The van der Waals surface area contributed by atoms with Gasteiger partial charge in [-0.05, 0) is 57.0 Å². The SMILES string of the molecule is CC(C)=C1Oc2c(ccc(OC(=O)c3ccccc3C)c2C)C1=O. The molecule has 0 aromatic heterocycles. The van der Waals surface area contributed by atoms with Crippen LogP contribution in [-0.4, -0.2) is 11.8 Å². The fraction of sp³-hybridized carbons (Fsp3) is 0.200. The maximum Gasteiger partial charge on any atom is 0.343 e. The number of fused-ring (bicyclic) bond motifs is 1. The summed E-state index contributed by atoms with van der Waals surface area (Å²) in [6, 6.07) is 10.5. The van der Waals surface area contributed by atoms with Crippen molar-refractivity contribution in [3.8, 4) is 11.5 Å². The highest BCUT2D eigenvalue weighted by Gasteiger charge is 2.31. The van der Waals surface area contributed by atoms with Crippen LogP contribution in [0.1, 0.15) is 45.7 Å². The summed E-state index contributed by atoms with van der Waals surface area (Å²) in [5.41, 5.74) is 3.31. The van der Waals surface area contributed by atoms with Crippen LogP contribution in [0.3, 0.4) is 0 Å². The molecule has 2 aromatic rings. The van der Waals surface area contributed by atoms with E-state index in [1.54, 1.807) is 31.2 Å². The quantitative estimate of drug-likeness (QED) is 0.467. The molecule has 0 amide bonds. The van der Waals surface area contributed by atoms with Gasteiger partial charge < -0.3 is 9.47 Å². The Morgan fingerprint density at radius 2 is 1.75 bits per heavy atom. The zero-order valence-electron chi connectivity index (χ0n) is 14.1. The first-order valence-corrected chi connectivity index (χ1v) is 7.71. The van der Waals surface area contributed by atoms with Crippen LogP contribution in [0.5, 0.6) is 11.5 Å². The van der Waals surface area contributed by atoms with Gasteiger partial charge in [0.1, 0.15) is 11.5 Å². The van der Waals surface area contributed by atoms with Crippen molar-refractivity contribution in [3.63, 3.8) is 0 Å². The molecule has 0 N–H and O–H groups in total. The summed E-state index contributed by atoms with van der Waals surface area (Å²) in [5, 5.41) is 0. The van der Waals surface area contributed by atoms with Crippen LogP contribution < -0.4 is 9.47 Å². The van der Waals surface area contributed by atoms with Gasteiger partial charge in [-0.2, -0.15) is 0 Å². The van der Waals surface area contributed by atoms with Gasteiger partial charge in [0.2, 0.25) is 5.78 Å². The van der Waals surface area contributed by atoms with Crippen molar-refractivity contribution in [1.29, 1.82) is 0 Å². The lowest BCUT2D eigenvalue weighted by molar-refractivity contribution is 0.0732. The monoisotopic (exact) mass is 322 g/mol. The van der Waals surface area contributed by atoms with Crippen LogP contribution in [0, 0.1) is 13.8 Å².